The molecule has 1 aliphatic heterocycles. The number of rotatable bonds is 3. The van der Waals surface area contributed by atoms with Gasteiger partial charge in [-0.15, -0.1) is 0 Å². The Kier molecular flexibility index (Phi) is 4.80. The van der Waals surface area contributed by atoms with Crippen molar-refractivity contribution in [3.05, 3.63) is 77.7 Å². The number of phenols is 1. The largest absolute Gasteiger partial charge is 0.508 e. The van der Waals surface area contributed by atoms with Gasteiger partial charge in [-0.1, -0.05) is 6.07 Å². The van der Waals surface area contributed by atoms with E-state index in [-0.39, 0.29) is 17.6 Å². The Balaban J connectivity index is 1.37. The lowest BCUT2D eigenvalue weighted by molar-refractivity contribution is 0.206. The SMILES string of the molecule is O=C(Nc1ccc(Oc2ccc(F)cc2)nc1)N1CCc2ccc(O)cc2C1. The van der Waals surface area contributed by atoms with Gasteiger partial charge in [-0.05, 0) is 60.0 Å². The number of carbonyl (C=O) groups is 1. The fourth-order valence-electron chi connectivity index (χ4n) is 3.06. The van der Waals surface area contributed by atoms with Crippen LogP contribution in [0.1, 0.15) is 11.1 Å². The second-order valence-electron chi connectivity index (χ2n) is 6.50. The summed E-state index contributed by atoms with van der Waals surface area (Å²) in [6.07, 6.45) is 2.24. The number of hydrogen-bond acceptors (Lipinski definition) is 4. The van der Waals surface area contributed by atoms with E-state index in [1.165, 1.54) is 30.5 Å². The first-order chi connectivity index (χ1) is 13.6. The third-order valence-electron chi connectivity index (χ3n) is 4.51. The molecular weight excluding hydrogens is 361 g/mol. The maximum Gasteiger partial charge on any atom is 0.322 e. The average molecular weight is 379 g/mol. The summed E-state index contributed by atoms with van der Waals surface area (Å²) in [5.41, 5.74) is 2.63. The summed E-state index contributed by atoms with van der Waals surface area (Å²) in [4.78, 5) is 18.4. The molecule has 0 atom stereocenters. The molecule has 6 nitrogen and oxygen atoms in total. The zero-order valence-electron chi connectivity index (χ0n) is 14.9. The molecule has 0 fully saturated rings. The van der Waals surface area contributed by atoms with Gasteiger partial charge in [0.05, 0.1) is 11.9 Å². The molecule has 2 heterocycles. The van der Waals surface area contributed by atoms with Gasteiger partial charge in [0.15, 0.2) is 0 Å². The first-order valence-corrected chi connectivity index (χ1v) is 8.83. The summed E-state index contributed by atoms with van der Waals surface area (Å²) < 4.78 is 18.5. The second kappa shape index (κ2) is 7.56. The molecule has 0 unspecified atom stereocenters. The number of urea groups is 1. The minimum absolute atomic E-state index is 0.196. The molecule has 2 N–H and O–H groups in total. The van der Waals surface area contributed by atoms with Gasteiger partial charge >= 0.3 is 6.03 Å². The van der Waals surface area contributed by atoms with Crippen LogP contribution < -0.4 is 10.1 Å². The molecule has 0 radical (unpaired) electrons. The zero-order valence-corrected chi connectivity index (χ0v) is 14.9. The van der Waals surface area contributed by atoms with E-state index in [0.29, 0.717) is 30.4 Å². The highest BCUT2D eigenvalue weighted by Gasteiger charge is 2.21. The van der Waals surface area contributed by atoms with E-state index in [2.05, 4.69) is 10.3 Å². The first kappa shape index (κ1) is 17.8. The number of aromatic nitrogens is 1. The number of benzene rings is 2. The van der Waals surface area contributed by atoms with Gasteiger partial charge in [0.1, 0.15) is 17.3 Å². The number of amides is 2. The molecule has 28 heavy (non-hydrogen) atoms. The second-order valence-corrected chi connectivity index (χ2v) is 6.50. The number of anilines is 1. The fourth-order valence-corrected chi connectivity index (χ4v) is 3.06. The van der Waals surface area contributed by atoms with Crippen LogP contribution >= 0.6 is 0 Å². The topological polar surface area (TPSA) is 74.7 Å². The van der Waals surface area contributed by atoms with Crippen LogP contribution in [-0.2, 0) is 13.0 Å². The van der Waals surface area contributed by atoms with E-state index < -0.39 is 0 Å². The first-order valence-electron chi connectivity index (χ1n) is 8.83. The Hall–Kier alpha value is -3.61. The highest BCUT2D eigenvalue weighted by Crippen LogP contribution is 2.24. The Bertz CT molecular complexity index is 991. The van der Waals surface area contributed by atoms with Crippen LogP contribution in [0.3, 0.4) is 0 Å². The highest BCUT2D eigenvalue weighted by molar-refractivity contribution is 5.89. The molecule has 0 aliphatic carbocycles. The quantitative estimate of drug-likeness (QED) is 0.711. The predicted molar refractivity (Wildman–Crippen MR) is 102 cm³/mol. The van der Waals surface area contributed by atoms with Gasteiger partial charge in [-0.25, -0.2) is 14.2 Å². The molecule has 2 amide bonds. The molecule has 0 saturated carbocycles. The number of carbonyl (C=O) groups excluding carboxylic acids is 1. The van der Waals surface area contributed by atoms with Crippen LogP contribution in [0, 0.1) is 5.82 Å². The summed E-state index contributed by atoms with van der Waals surface area (Å²) in [5, 5.41) is 12.4. The highest BCUT2D eigenvalue weighted by atomic mass is 19.1. The van der Waals surface area contributed by atoms with Crippen LogP contribution in [0.25, 0.3) is 0 Å². The Labute approximate surface area is 161 Å². The summed E-state index contributed by atoms with van der Waals surface area (Å²) in [5.74, 6) is 0.670. The van der Waals surface area contributed by atoms with Crippen LogP contribution in [0.5, 0.6) is 17.4 Å². The zero-order chi connectivity index (χ0) is 19.5. The fraction of sp³-hybridized carbons (Fsp3) is 0.143. The summed E-state index contributed by atoms with van der Waals surface area (Å²) in [7, 11) is 0. The lowest BCUT2D eigenvalue weighted by Crippen LogP contribution is -2.38. The number of halogens is 1. The number of nitrogens with zero attached hydrogens (tertiary/aromatic N) is 2. The van der Waals surface area contributed by atoms with Crippen molar-refractivity contribution in [2.75, 3.05) is 11.9 Å². The normalized spacial score (nSPS) is 13.0. The van der Waals surface area contributed by atoms with Gasteiger partial charge in [0.2, 0.25) is 5.88 Å². The Morgan fingerprint density at radius 1 is 1.11 bits per heavy atom. The van der Waals surface area contributed by atoms with Gasteiger partial charge in [-0.2, -0.15) is 0 Å². The maximum atomic E-state index is 12.9. The van der Waals surface area contributed by atoms with Crippen molar-refractivity contribution >= 4 is 11.7 Å². The number of hydrogen-bond donors (Lipinski definition) is 2. The van der Waals surface area contributed by atoms with E-state index in [1.807, 2.05) is 6.07 Å². The van der Waals surface area contributed by atoms with Crippen molar-refractivity contribution in [3.63, 3.8) is 0 Å². The minimum atomic E-state index is -0.339. The molecule has 4 rings (SSSR count). The van der Waals surface area contributed by atoms with Crippen molar-refractivity contribution in [1.82, 2.24) is 9.88 Å². The number of nitrogens with one attached hydrogen (secondary N) is 1. The van der Waals surface area contributed by atoms with E-state index in [9.17, 15) is 14.3 Å². The Morgan fingerprint density at radius 3 is 2.68 bits per heavy atom. The third kappa shape index (κ3) is 4.03. The molecule has 0 spiro atoms. The lowest BCUT2D eigenvalue weighted by Gasteiger charge is -2.29. The van der Waals surface area contributed by atoms with Crippen molar-refractivity contribution in [2.24, 2.45) is 0 Å². The predicted octanol–water partition coefficient (Wildman–Crippen LogP) is 4.31. The van der Waals surface area contributed by atoms with E-state index in [1.54, 1.807) is 29.2 Å². The molecule has 1 aromatic heterocycles. The number of ether oxygens (including phenoxy) is 1. The monoisotopic (exact) mass is 379 g/mol. The van der Waals surface area contributed by atoms with Crippen molar-refractivity contribution in [3.8, 4) is 17.4 Å². The van der Waals surface area contributed by atoms with Crippen molar-refractivity contribution < 1.29 is 19.0 Å². The summed E-state index contributed by atoms with van der Waals surface area (Å²) >= 11 is 0. The molecule has 3 aromatic rings. The van der Waals surface area contributed by atoms with Crippen LogP contribution in [0.15, 0.2) is 60.8 Å². The van der Waals surface area contributed by atoms with Gasteiger partial charge in [0, 0.05) is 19.2 Å². The summed E-state index contributed by atoms with van der Waals surface area (Å²) in [6, 6.07) is 14.0. The van der Waals surface area contributed by atoms with Gasteiger partial charge in [0.25, 0.3) is 0 Å². The van der Waals surface area contributed by atoms with E-state index in [0.717, 1.165) is 17.5 Å². The standard InChI is InChI=1S/C21H18FN3O3/c22-16-2-6-19(7-3-16)28-20-8-4-17(12-23-20)24-21(27)25-10-9-14-1-5-18(26)11-15(14)13-25/h1-8,11-12,26H,9-10,13H2,(H,24,27). The molecule has 0 saturated heterocycles. The van der Waals surface area contributed by atoms with Crippen molar-refractivity contribution in [2.45, 2.75) is 13.0 Å². The number of fused-ring (bicyclic) bond motifs is 1. The third-order valence-corrected chi connectivity index (χ3v) is 4.51. The van der Waals surface area contributed by atoms with Gasteiger partial charge in [-0.3, -0.25) is 0 Å². The van der Waals surface area contributed by atoms with Crippen molar-refractivity contribution in [1.29, 1.82) is 0 Å². The van der Waals surface area contributed by atoms with E-state index >= 15 is 0 Å². The molecule has 7 heteroatoms. The van der Waals surface area contributed by atoms with Gasteiger partial charge < -0.3 is 20.1 Å². The summed E-state index contributed by atoms with van der Waals surface area (Å²) in [6.45, 7) is 1.04. The molecule has 142 valence electrons. The molecule has 1 aliphatic rings. The molecule has 2 aromatic carbocycles. The maximum absolute atomic E-state index is 12.9. The van der Waals surface area contributed by atoms with Crippen LogP contribution in [0.4, 0.5) is 14.9 Å². The van der Waals surface area contributed by atoms with Crippen LogP contribution in [-0.4, -0.2) is 27.6 Å². The number of phenolic OH excluding ortho intramolecular Hbond substituents is 1. The van der Waals surface area contributed by atoms with E-state index in [4.69, 9.17) is 4.74 Å². The smallest absolute Gasteiger partial charge is 0.322 e. The molecule has 0 bridgehead atoms. The Morgan fingerprint density at radius 2 is 1.93 bits per heavy atom. The van der Waals surface area contributed by atoms with Crippen LogP contribution in [0.2, 0.25) is 0 Å². The minimum Gasteiger partial charge on any atom is -0.508 e. The number of aromatic hydroxyl groups is 1. The number of pyridine rings is 1. The average Bonchev–Trinajstić information content (AvgIpc) is 2.70. The molecular formula is C21H18FN3O3. The lowest BCUT2D eigenvalue weighted by atomic mass is 10.00.